The van der Waals surface area contributed by atoms with E-state index in [1.807, 2.05) is 7.05 Å². The fraction of sp³-hybridized carbons (Fsp3) is 0.714. The van der Waals surface area contributed by atoms with Crippen LogP contribution in [0.4, 0.5) is 0 Å². The van der Waals surface area contributed by atoms with E-state index in [-0.39, 0.29) is 0 Å². The maximum Gasteiger partial charge on any atom is 0.0468 e. The first-order chi connectivity index (χ1) is 7.60. The summed E-state index contributed by atoms with van der Waals surface area (Å²) in [4.78, 5) is 0. The molecule has 2 heteroatoms. The quantitative estimate of drug-likeness (QED) is 0.588. The Labute approximate surface area is 101 Å². The standard InChI is InChI=1S/C14H28N2/c1-7-10-14(11(4)8-2)16-12(5)13(9-3)15-6/h13-16H,4-5,7-10H2,1-3,6H3. The summed E-state index contributed by atoms with van der Waals surface area (Å²) in [6.07, 6.45) is 4.38. The Morgan fingerprint density at radius 3 is 2.12 bits per heavy atom. The van der Waals surface area contributed by atoms with E-state index in [1.165, 1.54) is 12.0 Å². The van der Waals surface area contributed by atoms with Crippen LogP contribution >= 0.6 is 0 Å². The molecule has 0 spiro atoms. The van der Waals surface area contributed by atoms with E-state index in [0.29, 0.717) is 12.1 Å². The van der Waals surface area contributed by atoms with Gasteiger partial charge in [0, 0.05) is 17.8 Å². The zero-order valence-corrected chi connectivity index (χ0v) is 11.4. The molecular formula is C14H28N2. The molecule has 2 nitrogen and oxygen atoms in total. The highest BCUT2D eigenvalue weighted by atomic mass is 15.0. The average molecular weight is 224 g/mol. The molecule has 0 saturated carbocycles. The molecule has 0 bridgehead atoms. The Kier molecular flexibility index (Phi) is 8.00. The number of hydrogen-bond donors (Lipinski definition) is 2. The van der Waals surface area contributed by atoms with Gasteiger partial charge in [0.25, 0.3) is 0 Å². The van der Waals surface area contributed by atoms with Crippen molar-refractivity contribution in [3.8, 4) is 0 Å². The summed E-state index contributed by atoms with van der Waals surface area (Å²) in [5, 5.41) is 6.78. The largest absolute Gasteiger partial charge is 0.381 e. The molecule has 0 heterocycles. The van der Waals surface area contributed by atoms with Crippen molar-refractivity contribution in [3.63, 3.8) is 0 Å². The summed E-state index contributed by atoms with van der Waals surface area (Å²) in [6.45, 7) is 14.8. The van der Waals surface area contributed by atoms with Gasteiger partial charge in [-0.25, -0.2) is 0 Å². The van der Waals surface area contributed by atoms with Crippen molar-refractivity contribution in [1.82, 2.24) is 10.6 Å². The van der Waals surface area contributed by atoms with Gasteiger partial charge in [-0.2, -0.15) is 0 Å². The Morgan fingerprint density at radius 1 is 1.12 bits per heavy atom. The summed E-state index contributed by atoms with van der Waals surface area (Å²) in [7, 11) is 1.98. The topological polar surface area (TPSA) is 24.1 Å². The molecule has 2 N–H and O–H groups in total. The van der Waals surface area contributed by atoms with Gasteiger partial charge in [0.1, 0.15) is 0 Å². The van der Waals surface area contributed by atoms with Crippen LogP contribution in [0, 0.1) is 0 Å². The number of hydrogen-bond acceptors (Lipinski definition) is 2. The normalized spacial score (nSPS) is 14.2. The third kappa shape index (κ3) is 4.84. The second kappa shape index (κ2) is 8.40. The molecule has 0 aromatic carbocycles. The Bertz CT molecular complexity index is 217. The van der Waals surface area contributed by atoms with Crippen molar-refractivity contribution >= 4 is 0 Å². The van der Waals surface area contributed by atoms with Crippen LogP contribution in [0.2, 0.25) is 0 Å². The van der Waals surface area contributed by atoms with Crippen LogP contribution in [0.15, 0.2) is 24.4 Å². The molecule has 0 amide bonds. The highest BCUT2D eigenvalue weighted by Crippen LogP contribution is 2.13. The van der Waals surface area contributed by atoms with E-state index in [4.69, 9.17) is 0 Å². The highest BCUT2D eigenvalue weighted by Gasteiger charge is 2.14. The zero-order chi connectivity index (χ0) is 12.6. The number of likely N-dealkylation sites (N-methyl/N-ethyl adjacent to an activating group) is 1. The summed E-state index contributed by atoms with van der Waals surface area (Å²) < 4.78 is 0. The third-order valence-electron chi connectivity index (χ3n) is 3.06. The van der Waals surface area contributed by atoms with Gasteiger partial charge in [0.15, 0.2) is 0 Å². The second-order valence-corrected chi connectivity index (χ2v) is 4.27. The van der Waals surface area contributed by atoms with Crippen molar-refractivity contribution in [1.29, 1.82) is 0 Å². The van der Waals surface area contributed by atoms with E-state index in [1.54, 1.807) is 0 Å². The van der Waals surface area contributed by atoms with Crippen LogP contribution in [0.1, 0.15) is 46.5 Å². The molecule has 0 aliphatic carbocycles. The molecule has 0 aromatic rings. The molecule has 0 saturated heterocycles. The van der Waals surface area contributed by atoms with Crippen LogP contribution in [0.25, 0.3) is 0 Å². The van der Waals surface area contributed by atoms with Gasteiger partial charge < -0.3 is 10.6 Å². The summed E-state index contributed by atoms with van der Waals surface area (Å²) in [6, 6.07) is 0.730. The van der Waals surface area contributed by atoms with Gasteiger partial charge in [-0.3, -0.25) is 0 Å². The lowest BCUT2D eigenvalue weighted by Crippen LogP contribution is -2.39. The van der Waals surface area contributed by atoms with E-state index in [9.17, 15) is 0 Å². The summed E-state index contributed by atoms with van der Waals surface area (Å²) >= 11 is 0. The lowest BCUT2D eigenvalue weighted by Gasteiger charge is -2.26. The fourth-order valence-electron chi connectivity index (χ4n) is 1.86. The van der Waals surface area contributed by atoms with E-state index < -0.39 is 0 Å². The Balaban J connectivity index is 4.38. The van der Waals surface area contributed by atoms with Crippen molar-refractivity contribution < 1.29 is 0 Å². The van der Waals surface area contributed by atoms with Crippen LogP contribution in [-0.4, -0.2) is 19.1 Å². The zero-order valence-electron chi connectivity index (χ0n) is 11.4. The monoisotopic (exact) mass is 224 g/mol. The minimum absolute atomic E-state index is 0.351. The predicted octanol–water partition coefficient (Wildman–Crippen LogP) is 3.22. The average Bonchev–Trinajstić information content (AvgIpc) is 2.29. The maximum atomic E-state index is 4.13. The van der Waals surface area contributed by atoms with Crippen molar-refractivity contribution in [2.75, 3.05) is 7.05 Å². The van der Waals surface area contributed by atoms with Gasteiger partial charge in [0.2, 0.25) is 0 Å². The van der Waals surface area contributed by atoms with Crippen LogP contribution in [0.5, 0.6) is 0 Å². The molecule has 0 radical (unpaired) electrons. The predicted molar refractivity (Wildman–Crippen MR) is 73.5 cm³/mol. The van der Waals surface area contributed by atoms with E-state index in [0.717, 1.165) is 25.0 Å². The molecule has 0 rings (SSSR count). The van der Waals surface area contributed by atoms with E-state index >= 15 is 0 Å². The molecule has 0 aliphatic heterocycles. The lowest BCUT2D eigenvalue weighted by atomic mass is 10.0. The molecule has 2 unspecified atom stereocenters. The second-order valence-electron chi connectivity index (χ2n) is 4.27. The number of rotatable bonds is 9. The minimum Gasteiger partial charge on any atom is -0.381 e. The molecule has 16 heavy (non-hydrogen) atoms. The third-order valence-corrected chi connectivity index (χ3v) is 3.06. The highest BCUT2D eigenvalue weighted by molar-refractivity contribution is 5.12. The van der Waals surface area contributed by atoms with Crippen LogP contribution in [-0.2, 0) is 0 Å². The van der Waals surface area contributed by atoms with Crippen molar-refractivity contribution in [3.05, 3.63) is 24.4 Å². The van der Waals surface area contributed by atoms with Gasteiger partial charge in [0.05, 0.1) is 0 Å². The minimum atomic E-state index is 0.351. The van der Waals surface area contributed by atoms with Crippen molar-refractivity contribution in [2.45, 2.75) is 58.5 Å². The smallest absolute Gasteiger partial charge is 0.0468 e. The molecule has 2 atom stereocenters. The Hall–Kier alpha value is -0.760. The SMILES string of the molecule is C=C(CC)C(CCC)NC(=C)C(CC)NC. The first-order valence-electron chi connectivity index (χ1n) is 6.40. The van der Waals surface area contributed by atoms with Crippen LogP contribution < -0.4 is 10.6 Å². The van der Waals surface area contributed by atoms with Crippen molar-refractivity contribution in [2.24, 2.45) is 0 Å². The molecule has 0 aliphatic rings. The van der Waals surface area contributed by atoms with Gasteiger partial charge >= 0.3 is 0 Å². The molecular weight excluding hydrogens is 196 g/mol. The molecule has 0 fully saturated rings. The van der Waals surface area contributed by atoms with Gasteiger partial charge in [-0.15, -0.1) is 0 Å². The van der Waals surface area contributed by atoms with Gasteiger partial charge in [-0.1, -0.05) is 45.9 Å². The first kappa shape index (κ1) is 15.2. The maximum absolute atomic E-state index is 4.13. The Morgan fingerprint density at radius 2 is 1.75 bits per heavy atom. The molecule has 94 valence electrons. The number of nitrogens with one attached hydrogen (secondary N) is 2. The lowest BCUT2D eigenvalue weighted by molar-refractivity contribution is 0.508. The molecule has 0 aromatic heterocycles. The summed E-state index contributed by atoms with van der Waals surface area (Å²) in [5.74, 6) is 0. The first-order valence-corrected chi connectivity index (χ1v) is 6.40. The van der Waals surface area contributed by atoms with Gasteiger partial charge in [-0.05, 0) is 26.3 Å². The van der Waals surface area contributed by atoms with Crippen LogP contribution in [0.3, 0.4) is 0 Å². The fourth-order valence-corrected chi connectivity index (χ4v) is 1.86. The van der Waals surface area contributed by atoms with E-state index in [2.05, 4.69) is 44.6 Å². The summed E-state index contributed by atoms with van der Waals surface area (Å²) in [5.41, 5.74) is 2.35.